The Labute approximate surface area is 146 Å². The molecule has 2 fully saturated rings. The van der Waals surface area contributed by atoms with E-state index in [0.29, 0.717) is 23.0 Å². The number of likely N-dealkylation sites (tertiary alicyclic amines) is 1. The summed E-state index contributed by atoms with van der Waals surface area (Å²) in [6.07, 6.45) is 4.31. The zero-order valence-corrected chi connectivity index (χ0v) is 14.9. The minimum Gasteiger partial charge on any atom is -0.384 e. The number of imidazole rings is 1. The maximum atomic E-state index is 14.1. The van der Waals surface area contributed by atoms with Crippen molar-refractivity contribution in [3.05, 3.63) is 34.0 Å². The summed E-state index contributed by atoms with van der Waals surface area (Å²) in [7, 11) is 1.77. The van der Waals surface area contributed by atoms with Gasteiger partial charge in [0.2, 0.25) is 0 Å². The Morgan fingerprint density at radius 3 is 2.64 bits per heavy atom. The summed E-state index contributed by atoms with van der Waals surface area (Å²) >= 11 is 0. The lowest BCUT2D eigenvalue weighted by Crippen LogP contribution is -2.49. The Kier molecular flexibility index (Phi) is 4.41. The van der Waals surface area contributed by atoms with Gasteiger partial charge in [0.15, 0.2) is 0 Å². The Balaban J connectivity index is 1.47. The third kappa shape index (κ3) is 3.02. The van der Waals surface area contributed by atoms with Gasteiger partial charge in [0.25, 0.3) is 0 Å². The molecule has 1 saturated carbocycles. The summed E-state index contributed by atoms with van der Waals surface area (Å²) in [6.45, 7) is 4.73. The standard InChI is InChI=1S/C19H26FN3O2/c1-12-7-16(20)18-17(8-12)23(19(24)21-18)14-3-5-22(6-4-14)15-9-13(10-15)11-25-2/h7-8,13-15H,3-6,9-11H2,1-2H3,(H,21,24). The number of rotatable bonds is 4. The van der Waals surface area contributed by atoms with Gasteiger partial charge in [-0.1, -0.05) is 0 Å². The van der Waals surface area contributed by atoms with Gasteiger partial charge in [0.05, 0.1) is 5.52 Å². The van der Waals surface area contributed by atoms with Gasteiger partial charge >= 0.3 is 5.69 Å². The van der Waals surface area contributed by atoms with Crippen LogP contribution in [0, 0.1) is 18.7 Å². The quantitative estimate of drug-likeness (QED) is 0.925. The predicted molar refractivity (Wildman–Crippen MR) is 95.5 cm³/mol. The first kappa shape index (κ1) is 16.8. The molecule has 1 N–H and O–H groups in total. The number of nitrogens with zero attached hydrogens (tertiary/aromatic N) is 2. The smallest absolute Gasteiger partial charge is 0.326 e. The number of hydrogen-bond acceptors (Lipinski definition) is 3. The van der Waals surface area contributed by atoms with Crippen LogP contribution in [-0.4, -0.2) is 47.3 Å². The van der Waals surface area contributed by atoms with Crippen LogP contribution in [0.5, 0.6) is 0 Å². The fourth-order valence-electron chi connectivity index (χ4n) is 4.56. The molecule has 1 aliphatic heterocycles. The molecule has 5 nitrogen and oxygen atoms in total. The number of halogens is 1. The lowest BCUT2D eigenvalue weighted by Gasteiger charge is -2.45. The van der Waals surface area contributed by atoms with Gasteiger partial charge in [-0.3, -0.25) is 4.57 Å². The number of benzene rings is 1. The molecule has 1 aliphatic carbocycles. The van der Waals surface area contributed by atoms with E-state index in [1.807, 2.05) is 13.0 Å². The van der Waals surface area contributed by atoms with E-state index in [9.17, 15) is 9.18 Å². The zero-order valence-electron chi connectivity index (χ0n) is 14.9. The van der Waals surface area contributed by atoms with Crippen molar-refractivity contribution in [2.45, 2.75) is 44.7 Å². The van der Waals surface area contributed by atoms with Gasteiger partial charge in [0, 0.05) is 38.9 Å². The van der Waals surface area contributed by atoms with Crippen LogP contribution < -0.4 is 5.69 Å². The van der Waals surface area contributed by atoms with Crippen LogP contribution in [0.25, 0.3) is 11.0 Å². The van der Waals surface area contributed by atoms with E-state index >= 15 is 0 Å². The Morgan fingerprint density at radius 2 is 1.96 bits per heavy atom. The number of aromatic nitrogens is 2. The number of aromatic amines is 1. The highest BCUT2D eigenvalue weighted by Crippen LogP contribution is 2.35. The number of methoxy groups -OCH3 is 1. The molecule has 2 aliphatic rings. The molecule has 25 heavy (non-hydrogen) atoms. The largest absolute Gasteiger partial charge is 0.384 e. The van der Waals surface area contributed by atoms with Gasteiger partial charge in [-0.15, -0.1) is 0 Å². The molecule has 1 saturated heterocycles. The van der Waals surface area contributed by atoms with Crippen LogP contribution >= 0.6 is 0 Å². The fourth-order valence-corrected chi connectivity index (χ4v) is 4.56. The Hall–Kier alpha value is -1.66. The third-order valence-corrected chi connectivity index (χ3v) is 5.92. The molecule has 0 unspecified atom stereocenters. The van der Waals surface area contributed by atoms with Crippen LogP contribution in [0.2, 0.25) is 0 Å². The molecule has 136 valence electrons. The minimum absolute atomic E-state index is 0.147. The number of H-pyrrole nitrogens is 1. The maximum Gasteiger partial charge on any atom is 0.326 e. The van der Waals surface area contributed by atoms with Crippen molar-refractivity contribution in [2.24, 2.45) is 5.92 Å². The molecule has 1 aromatic carbocycles. The summed E-state index contributed by atoms with van der Waals surface area (Å²) in [5.41, 5.74) is 1.68. The molecule has 0 radical (unpaired) electrons. The molecule has 2 aromatic rings. The summed E-state index contributed by atoms with van der Waals surface area (Å²) < 4.78 is 21.1. The van der Waals surface area contributed by atoms with Crippen molar-refractivity contribution in [1.82, 2.24) is 14.5 Å². The van der Waals surface area contributed by atoms with Crippen molar-refractivity contribution in [3.63, 3.8) is 0 Å². The molecular weight excluding hydrogens is 321 g/mol. The first-order valence-corrected chi connectivity index (χ1v) is 9.20. The second kappa shape index (κ2) is 6.57. The number of fused-ring (bicyclic) bond motifs is 1. The van der Waals surface area contributed by atoms with Gasteiger partial charge in [0.1, 0.15) is 11.3 Å². The summed E-state index contributed by atoms with van der Waals surface area (Å²) in [5.74, 6) is 0.358. The monoisotopic (exact) mass is 347 g/mol. The van der Waals surface area contributed by atoms with Crippen molar-refractivity contribution in [3.8, 4) is 0 Å². The average molecular weight is 347 g/mol. The average Bonchev–Trinajstić information content (AvgIpc) is 2.87. The van der Waals surface area contributed by atoms with Gasteiger partial charge in [-0.2, -0.15) is 0 Å². The topological polar surface area (TPSA) is 50.3 Å². The van der Waals surface area contributed by atoms with Crippen LogP contribution in [0.3, 0.4) is 0 Å². The molecule has 0 spiro atoms. The van der Waals surface area contributed by atoms with Crippen molar-refractivity contribution < 1.29 is 9.13 Å². The molecule has 0 atom stereocenters. The first-order chi connectivity index (χ1) is 12.1. The molecule has 6 heteroatoms. The Bertz CT molecular complexity index is 814. The van der Waals surface area contributed by atoms with E-state index in [4.69, 9.17) is 4.74 Å². The van der Waals surface area contributed by atoms with E-state index in [0.717, 1.165) is 38.1 Å². The molecule has 0 amide bonds. The number of ether oxygens (including phenoxy) is 1. The highest BCUT2D eigenvalue weighted by Gasteiger charge is 2.35. The number of aryl methyl sites for hydroxylation is 1. The molecule has 4 rings (SSSR count). The molecule has 2 heterocycles. The summed E-state index contributed by atoms with van der Waals surface area (Å²) in [4.78, 5) is 17.7. The van der Waals surface area contributed by atoms with E-state index < -0.39 is 0 Å². The number of hydrogen-bond donors (Lipinski definition) is 1. The van der Waals surface area contributed by atoms with Crippen LogP contribution in [0.4, 0.5) is 4.39 Å². The van der Waals surface area contributed by atoms with Gasteiger partial charge in [-0.25, -0.2) is 9.18 Å². The van der Waals surface area contributed by atoms with Crippen molar-refractivity contribution in [2.75, 3.05) is 26.8 Å². The molecular formula is C19H26FN3O2. The predicted octanol–water partition coefficient (Wildman–Crippen LogP) is 2.84. The van der Waals surface area contributed by atoms with E-state index in [-0.39, 0.29) is 17.5 Å². The van der Waals surface area contributed by atoms with E-state index in [2.05, 4.69) is 9.88 Å². The zero-order chi connectivity index (χ0) is 17.6. The number of nitrogens with one attached hydrogen (secondary N) is 1. The minimum atomic E-state index is -0.345. The first-order valence-electron chi connectivity index (χ1n) is 9.20. The lowest BCUT2D eigenvalue weighted by atomic mass is 9.79. The number of piperidine rings is 1. The van der Waals surface area contributed by atoms with Gasteiger partial charge < -0.3 is 14.6 Å². The molecule has 0 bridgehead atoms. The maximum absolute atomic E-state index is 14.1. The molecule has 1 aromatic heterocycles. The second-order valence-electron chi connectivity index (χ2n) is 7.65. The van der Waals surface area contributed by atoms with Crippen molar-refractivity contribution in [1.29, 1.82) is 0 Å². The second-order valence-corrected chi connectivity index (χ2v) is 7.65. The normalized spacial score (nSPS) is 25.4. The summed E-state index contributed by atoms with van der Waals surface area (Å²) in [6, 6.07) is 4.19. The fraction of sp³-hybridized carbons (Fsp3) is 0.632. The van der Waals surface area contributed by atoms with Crippen LogP contribution in [-0.2, 0) is 4.74 Å². The van der Waals surface area contributed by atoms with E-state index in [1.54, 1.807) is 11.7 Å². The van der Waals surface area contributed by atoms with Gasteiger partial charge in [-0.05, 0) is 56.2 Å². The van der Waals surface area contributed by atoms with E-state index in [1.165, 1.54) is 18.9 Å². The third-order valence-electron chi connectivity index (χ3n) is 5.92. The highest BCUT2D eigenvalue weighted by molar-refractivity contribution is 5.77. The lowest BCUT2D eigenvalue weighted by molar-refractivity contribution is 0.0148. The van der Waals surface area contributed by atoms with Crippen LogP contribution in [0.15, 0.2) is 16.9 Å². The summed E-state index contributed by atoms with van der Waals surface area (Å²) in [5, 5.41) is 0. The Morgan fingerprint density at radius 1 is 1.24 bits per heavy atom. The SMILES string of the molecule is COCC1CC(N2CCC(n3c(=O)[nH]c4c(F)cc(C)cc43)CC2)C1. The van der Waals surface area contributed by atoms with Crippen molar-refractivity contribution >= 4 is 11.0 Å². The van der Waals surface area contributed by atoms with Crippen LogP contribution in [0.1, 0.15) is 37.3 Å². The highest BCUT2D eigenvalue weighted by atomic mass is 19.1.